The molecule has 1 saturated heterocycles. The highest BCUT2D eigenvalue weighted by Gasteiger charge is 2.26. The molecule has 1 aliphatic heterocycles. The lowest BCUT2D eigenvalue weighted by Gasteiger charge is -2.30. The molecule has 0 spiro atoms. The minimum atomic E-state index is -0.270. The van der Waals surface area contributed by atoms with Crippen molar-refractivity contribution in [1.29, 1.82) is 0 Å². The maximum Gasteiger partial charge on any atom is 0.233 e. The number of aryl methyl sites for hydroxylation is 2. The molecular formula is C18H23N5O2S. The first kappa shape index (κ1) is 18.4. The third-order valence-electron chi connectivity index (χ3n) is 4.73. The molecule has 2 N–H and O–H groups in total. The van der Waals surface area contributed by atoms with E-state index in [2.05, 4.69) is 10.2 Å². The van der Waals surface area contributed by atoms with Crippen LogP contribution >= 0.6 is 11.8 Å². The summed E-state index contributed by atoms with van der Waals surface area (Å²) in [7, 11) is 0. The molecule has 0 bridgehead atoms. The van der Waals surface area contributed by atoms with E-state index in [9.17, 15) is 9.59 Å². The van der Waals surface area contributed by atoms with Gasteiger partial charge < -0.3 is 10.6 Å². The molecule has 1 aromatic carbocycles. The number of nitrogens with two attached hydrogens (primary N) is 1. The SMILES string of the molecule is Cc1ccccc1-n1c(C)nnc1SCC(=O)N1CCC(C(N)=O)CC1. The monoisotopic (exact) mass is 373 g/mol. The lowest BCUT2D eigenvalue weighted by atomic mass is 9.96. The Morgan fingerprint density at radius 2 is 1.88 bits per heavy atom. The van der Waals surface area contributed by atoms with Crippen LogP contribution in [0.5, 0.6) is 0 Å². The minimum absolute atomic E-state index is 0.0508. The van der Waals surface area contributed by atoms with Crippen molar-refractivity contribution >= 4 is 23.6 Å². The topological polar surface area (TPSA) is 94.1 Å². The summed E-state index contributed by atoms with van der Waals surface area (Å²) in [5.74, 6) is 0.754. The fourth-order valence-electron chi connectivity index (χ4n) is 3.16. The number of likely N-dealkylation sites (tertiary alicyclic amines) is 1. The van der Waals surface area contributed by atoms with E-state index >= 15 is 0 Å². The molecule has 2 heterocycles. The van der Waals surface area contributed by atoms with Gasteiger partial charge in [-0.2, -0.15) is 0 Å². The van der Waals surface area contributed by atoms with Crippen LogP contribution in [0.1, 0.15) is 24.2 Å². The van der Waals surface area contributed by atoms with Crippen LogP contribution in [0, 0.1) is 19.8 Å². The average Bonchev–Trinajstić information content (AvgIpc) is 3.00. The van der Waals surface area contributed by atoms with Gasteiger partial charge in [-0.25, -0.2) is 0 Å². The summed E-state index contributed by atoms with van der Waals surface area (Å²) < 4.78 is 1.98. The van der Waals surface area contributed by atoms with E-state index in [1.165, 1.54) is 11.8 Å². The Hall–Kier alpha value is -2.35. The highest BCUT2D eigenvalue weighted by Crippen LogP contribution is 2.25. The summed E-state index contributed by atoms with van der Waals surface area (Å²) >= 11 is 1.39. The van der Waals surface area contributed by atoms with Gasteiger partial charge in [-0.15, -0.1) is 10.2 Å². The number of rotatable bonds is 5. The Balaban J connectivity index is 1.65. The molecule has 1 fully saturated rings. The van der Waals surface area contributed by atoms with E-state index < -0.39 is 0 Å². The van der Waals surface area contributed by atoms with Crippen molar-refractivity contribution in [2.45, 2.75) is 31.8 Å². The van der Waals surface area contributed by atoms with Gasteiger partial charge in [-0.1, -0.05) is 30.0 Å². The Morgan fingerprint density at radius 3 is 2.54 bits per heavy atom. The van der Waals surface area contributed by atoms with E-state index in [4.69, 9.17) is 5.73 Å². The zero-order valence-electron chi connectivity index (χ0n) is 15.0. The van der Waals surface area contributed by atoms with E-state index in [1.54, 1.807) is 4.90 Å². The smallest absolute Gasteiger partial charge is 0.233 e. The van der Waals surface area contributed by atoms with Gasteiger partial charge in [0.25, 0.3) is 0 Å². The Kier molecular flexibility index (Phi) is 5.61. The van der Waals surface area contributed by atoms with E-state index in [0.29, 0.717) is 36.8 Å². The van der Waals surface area contributed by atoms with Crippen LogP contribution in [0.3, 0.4) is 0 Å². The predicted octanol–water partition coefficient (Wildman–Crippen LogP) is 1.70. The zero-order valence-corrected chi connectivity index (χ0v) is 15.8. The van der Waals surface area contributed by atoms with Crippen molar-refractivity contribution in [3.8, 4) is 5.69 Å². The first-order valence-corrected chi connectivity index (χ1v) is 9.64. The van der Waals surface area contributed by atoms with E-state index in [-0.39, 0.29) is 17.7 Å². The number of para-hydroxylation sites is 1. The predicted molar refractivity (Wildman–Crippen MR) is 100 cm³/mol. The molecule has 2 aromatic rings. The molecule has 0 atom stereocenters. The molecule has 3 rings (SSSR count). The molecule has 1 aromatic heterocycles. The zero-order chi connectivity index (χ0) is 18.7. The fraction of sp³-hybridized carbons (Fsp3) is 0.444. The quantitative estimate of drug-likeness (QED) is 0.805. The van der Waals surface area contributed by atoms with Gasteiger partial charge in [0.05, 0.1) is 11.4 Å². The Bertz CT molecular complexity index is 812. The van der Waals surface area contributed by atoms with Crippen LogP contribution in [-0.2, 0) is 9.59 Å². The lowest BCUT2D eigenvalue weighted by molar-refractivity contribution is -0.132. The van der Waals surface area contributed by atoms with Gasteiger partial charge in [-0.3, -0.25) is 14.2 Å². The van der Waals surface area contributed by atoms with Crippen molar-refractivity contribution < 1.29 is 9.59 Å². The van der Waals surface area contributed by atoms with Gasteiger partial charge in [0.1, 0.15) is 5.82 Å². The van der Waals surface area contributed by atoms with Crippen LogP contribution < -0.4 is 5.73 Å². The van der Waals surface area contributed by atoms with Crippen LogP contribution in [-0.4, -0.2) is 50.3 Å². The number of carbonyl (C=O) groups is 2. The van der Waals surface area contributed by atoms with Crippen LogP contribution in [0.25, 0.3) is 5.69 Å². The number of aromatic nitrogens is 3. The summed E-state index contributed by atoms with van der Waals surface area (Å²) in [5, 5.41) is 9.10. The number of amides is 2. The average molecular weight is 373 g/mol. The Labute approximate surface area is 157 Å². The number of piperidine rings is 1. The van der Waals surface area contributed by atoms with Gasteiger partial charge in [0.15, 0.2) is 5.16 Å². The van der Waals surface area contributed by atoms with Crippen molar-refractivity contribution in [1.82, 2.24) is 19.7 Å². The molecule has 8 heteroatoms. The molecule has 138 valence electrons. The highest BCUT2D eigenvalue weighted by atomic mass is 32.2. The molecular weight excluding hydrogens is 350 g/mol. The van der Waals surface area contributed by atoms with Crippen molar-refractivity contribution in [2.75, 3.05) is 18.8 Å². The third-order valence-corrected chi connectivity index (χ3v) is 5.64. The second-order valence-electron chi connectivity index (χ2n) is 6.50. The standard InChI is InChI=1S/C18H23N5O2S/c1-12-5-3-4-6-15(12)23-13(2)20-21-18(23)26-11-16(24)22-9-7-14(8-10-22)17(19)25/h3-6,14H,7-11H2,1-2H3,(H2,19,25). The highest BCUT2D eigenvalue weighted by molar-refractivity contribution is 7.99. The summed E-state index contributed by atoms with van der Waals surface area (Å²) in [6.45, 7) is 5.10. The number of hydrogen-bond acceptors (Lipinski definition) is 5. The molecule has 2 amide bonds. The number of carbonyl (C=O) groups excluding carboxylic acids is 2. The van der Waals surface area contributed by atoms with Crippen LogP contribution in [0.15, 0.2) is 29.4 Å². The van der Waals surface area contributed by atoms with E-state index in [1.807, 2.05) is 42.7 Å². The van der Waals surface area contributed by atoms with Crippen molar-refractivity contribution in [3.63, 3.8) is 0 Å². The second-order valence-corrected chi connectivity index (χ2v) is 7.44. The lowest BCUT2D eigenvalue weighted by Crippen LogP contribution is -2.42. The largest absolute Gasteiger partial charge is 0.369 e. The van der Waals surface area contributed by atoms with Gasteiger partial charge in [0, 0.05) is 19.0 Å². The molecule has 0 saturated carbocycles. The first-order valence-electron chi connectivity index (χ1n) is 8.65. The Morgan fingerprint density at radius 1 is 1.19 bits per heavy atom. The number of thioether (sulfide) groups is 1. The summed E-state index contributed by atoms with van der Waals surface area (Å²) in [6.07, 6.45) is 1.29. The molecule has 0 aliphatic carbocycles. The maximum atomic E-state index is 12.5. The van der Waals surface area contributed by atoms with Crippen molar-refractivity contribution in [3.05, 3.63) is 35.7 Å². The normalized spacial score (nSPS) is 15.2. The molecule has 0 radical (unpaired) electrons. The van der Waals surface area contributed by atoms with Crippen LogP contribution in [0.4, 0.5) is 0 Å². The molecule has 1 aliphatic rings. The summed E-state index contributed by atoms with van der Waals surface area (Å²) in [6, 6.07) is 8.03. The van der Waals surface area contributed by atoms with Gasteiger partial charge in [-0.05, 0) is 38.3 Å². The molecule has 26 heavy (non-hydrogen) atoms. The first-order chi connectivity index (χ1) is 12.5. The van der Waals surface area contributed by atoms with Gasteiger partial charge >= 0.3 is 0 Å². The third kappa shape index (κ3) is 3.90. The number of primary amides is 1. The summed E-state index contributed by atoms with van der Waals surface area (Å²) in [5.41, 5.74) is 7.49. The van der Waals surface area contributed by atoms with Crippen LogP contribution in [0.2, 0.25) is 0 Å². The molecule has 7 nitrogen and oxygen atoms in total. The number of nitrogens with zero attached hydrogens (tertiary/aromatic N) is 4. The molecule has 0 unspecified atom stereocenters. The van der Waals surface area contributed by atoms with E-state index in [0.717, 1.165) is 17.1 Å². The maximum absolute atomic E-state index is 12.5. The number of benzene rings is 1. The van der Waals surface area contributed by atoms with Crippen molar-refractivity contribution in [2.24, 2.45) is 11.7 Å². The fourth-order valence-corrected chi connectivity index (χ4v) is 4.05. The minimum Gasteiger partial charge on any atom is -0.369 e. The van der Waals surface area contributed by atoms with Gasteiger partial charge in [0.2, 0.25) is 11.8 Å². The summed E-state index contributed by atoms with van der Waals surface area (Å²) in [4.78, 5) is 25.5. The second kappa shape index (κ2) is 7.90. The number of hydrogen-bond donors (Lipinski definition) is 1.